The molecule has 0 fully saturated rings. The summed E-state index contributed by atoms with van der Waals surface area (Å²) >= 11 is 1.69. The third-order valence-corrected chi connectivity index (χ3v) is 3.27. The summed E-state index contributed by atoms with van der Waals surface area (Å²) in [4.78, 5) is 4.39. The fourth-order valence-corrected chi connectivity index (χ4v) is 2.10. The van der Waals surface area contributed by atoms with Crippen molar-refractivity contribution in [3.05, 3.63) is 16.1 Å². The van der Waals surface area contributed by atoms with E-state index in [1.807, 2.05) is 6.92 Å². The zero-order chi connectivity index (χ0) is 9.84. The molecule has 1 rings (SSSR count). The van der Waals surface area contributed by atoms with Crippen molar-refractivity contribution in [2.24, 2.45) is 11.8 Å². The molecule has 1 heterocycles. The van der Waals surface area contributed by atoms with E-state index in [0.29, 0.717) is 11.8 Å². The summed E-state index contributed by atoms with van der Waals surface area (Å²) in [5.74, 6) is 0.875. The van der Waals surface area contributed by atoms with Crippen LogP contribution >= 0.6 is 11.3 Å². The predicted molar refractivity (Wildman–Crippen MR) is 56.0 cm³/mol. The topological polar surface area (TPSA) is 33.1 Å². The molecule has 1 aromatic rings. The van der Waals surface area contributed by atoms with Gasteiger partial charge in [0.2, 0.25) is 0 Å². The lowest BCUT2D eigenvalue weighted by Crippen LogP contribution is -2.16. The minimum Gasteiger partial charge on any atom is -0.396 e. The van der Waals surface area contributed by atoms with Gasteiger partial charge in [0.15, 0.2) is 0 Å². The van der Waals surface area contributed by atoms with Crippen molar-refractivity contribution < 1.29 is 5.11 Å². The molecule has 0 aliphatic heterocycles. The van der Waals surface area contributed by atoms with E-state index in [-0.39, 0.29) is 6.61 Å². The van der Waals surface area contributed by atoms with Gasteiger partial charge in [-0.25, -0.2) is 4.98 Å². The van der Waals surface area contributed by atoms with Crippen molar-refractivity contribution in [3.63, 3.8) is 0 Å². The second kappa shape index (κ2) is 4.72. The Bertz CT molecular complexity index is 257. The first-order chi connectivity index (χ1) is 6.13. The second-order valence-corrected chi connectivity index (χ2v) is 4.72. The standard InChI is InChI=1S/C10H17NOS/c1-7(2)9(5-12)4-10-11-8(3)6-13-10/h6-7,9,12H,4-5H2,1-3H3. The third-order valence-electron chi connectivity index (χ3n) is 2.28. The van der Waals surface area contributed by atoms with E-state index in [1.54, 1.807) is 11.3 Å². The molecule has 0 aromatic carbocycles. The SMILES string of the molecule is Cc1csc(CC(CO)C(C)C)n1. The largest absolute Gasteiger partial charge is 0.396 e. The average molecular weight is 199 g/mol. The molecule has 0 spiro atoms. The molecule has 2 nitrogen and oxygen atoms in total. The fourth-order valence-electron chi connectivity index (χ4n) is 1.23. The Hall–Kier alpha value is -0.410. The molecule has 1 unspecified atom stereocenters. The van der Waals surface area contributed by atoms with Crippen LogP contribution in [0.1, 0.15) is 24.5 Å². The summed E-state index contributed by atoms with van der Waals surface area (Å²) in [7, 11) is 0. The Morgan fingerprint density at radius 1 is 1.54 bits per heavy atom. The lowest BCUT2D eigenvalue weighted by Gasteiger charge is -2.16. The predicted octanol–water partition coefficient (Wildman–Crippen LogP) is 2.26. The van der Waals surface area contributed by atoms with E-state index in [1.165, 1.54) is 0 Å². The van der Waals surface area contributed by atoms with Crippen LogP contribution < -0.4 is 0 Å². The summed E-state index contributed by atoms with van der Waals surface area (Å²) in [5, 5.41) is 12.3. The number of aliphatic hydroxyl groups excluding tert-OH is 1. The van der Waals surface area contributed by atoms with Crippen molar-refractivity contribution in [1.82, 2.24) is 4.98 Å². The summed E-state index contributed by atoms with van der Waals surface area (Å²) in [6.07, 6.45) is 0.909. The molecule has 0 amide bonds. The van der Waals surface area contributed by atoms with E-state index in [2.05, 4.69) is 24.2 Å². The van der Waals surface area contributed by atoms with E-state index >= 15 is 0 Å². The molecule has 74 valence electrons. The van der Waals surface area contributed by atoms with Gasteiger partial charge in [-0.05, 0) is 18.8 Å². The van der Waals surface area contributed by atoms with Crippen LogP contribution in [-0.2, 0) is 6.42 Å². The lowest BCUT2D eigenvalue weighted by atomic mass is 9.94. The number of nitrogens with zero attached hydrogens (tertiary/aromatic N) is 1. The maximum atomic E-state index is 9.14. The smallest absolute Gasteiger partial charge is 0.0931 e. The number of aryl methyl sites for hydroxylation is 1. The first kappa shape index (κ1) is 10.7. The molecule has 0 saturated heterocycles. The number of rotatable bonds is 4. The van der Waals surface area contributed by atoms with Crippen molar-refractivity contribution in [3.8, 4) is 0 Å². The molecule has 1 N–H and O–H groups in total. The zero-order valence-electron chi connectivity index (χ0n) is 8.45. The van der Waals surface area contributed by atoms with Gasteiger partial charge in [0.25, 0.3) is 0 Å². The first-order valence-corrected chi connectivity index (χ1v) is 5.53. The van der Waals surface area contributed by atoms with Gasteiger partial charge in [-0.15, -0.1) is 11.3 Å². The quantitative estimate of drug-likeness (QED) is 0.807. The average Bonchev–Trinajstić information content (AvgIpc) is 2.46. The normalized spacial score (nSPS) is 13.6. The highest BCUT2D eigenvalue weighted by Gasteiger charge is 2.14. The number of hydrogen-bond donors (Lipinski definition) is 1. The molecular formula is C10H17NOS. The number of hydrogen-bond acceptors (Lipinski definition) is 3. The number of aliphatic hydroxyl groups is 1. The molecule has 13 heavy (non-hydrogen) atoms. The molecule has 1 atom stereocenters. The van der Waals surface area contributed by atoms with Gasteiger partial charge in [0, 0.05) is 24.1 Å². The zero-order valence-corrected chi connectivity index (χ0v) is 9.27. The molecule has 3 heteroatoms. The Kier molecular flexibility index (Phi) is 3.88. The van der Waals surface area contributed by atoms with E-state index in [0.717, 1.165) is 17.1 Å². The highest BCUT2D eigenvalue weighted by Crippen LogP contribution is 2.19. The van der Waals surface area contributed by atoms with Crippen LogP contribution in [0.15, 0.2) is 5.38 Å². The van der Waals surface area contributed by atoms with Crippen LogP contribution in [0.3, 0.4) is 0 Å². The van der Waals surface area contributed by atoms with Gasteiger partial charge in [-0.3, -0.25) is 0 Å². The van der Waals surface area contributed by atoms with Gasteiger partial charge in [-0.1, -0.05) is 13.8 Å². The van der Waals surface area contributed by atoms with Crippen molar-refractivity contribution >= 4 is 11.3 Å². The molecule has 0 aliphatic carbocycles. The molecule has 1 aromatic heterocycles. The Balaban J connectivity index is 2.56. The summed E-state index contributed by atoms with van der Waals surface area (Å²) < 4.78 is 0. The van der Waals surface area contributed by atoms with Crippen LogP contribution in [0.4, 0.5) is 0 Å². The van der Waals surface area contributed by atoms with E-state index < -0.39 is 0 Å². The summed E-state index contributed by atoms with van der Waals surface area (Å²) in [5.41, 5.74) is 1.08. The molecule has 0 aliphatic rings. The molecule has 0 radical (unpaired) electrons. The van der Waals surface area contributed by atoms with Crippen LogP contribution in [-0.4, -0.2) is 16.7 Å². The van der Waals surface area contributed by atoms with Gasteiger partial charge in [0.1, 0.15) is 0 Å². The van der Waals surface area contributed by atoms with Crippen molar-refractivity contribution in [2.75, 3.05) is 6.61 Å². The maximum absolute atomic E-state index is 9.14. The summed E-state index contributed by atoms with van der Waals surface area (Å²) in [6.45, 7) is 6.54. The monoisotopic (exact) mass is 199 g/mol. The minimum atomic E-state index is 0.260. The Morgan fingerprint density at radius 2 is 2.23 bits per heavy atom. The fraction of sp³-hybridized carbons (Fsp3) is 0.700. The Labute approximate surface area is 83.6 Å². The minimum absolute atomic E-state index is 0.260. The highest BCUT2D eigenvalue weighted by molar-refractivity contribution is 7.09. The number of thiazole rings is 1. The van der Waals surface area contributed by atoms with Gasteiger partial charge in [-0.2, -0.15) is 0 Å². The third kappa shape index (κ3) is 3.08. The molecule has 0 saturated carbocycles. The highest BCUT2D eigenvalue weighted by atomic mass is 32.1. The lowest BCUT2D eigenvalue weighted by molar-refractivity contribution is 0.189. The van der Waals surface area contributed by atoms with Gasteiger partial charge < -0.3 is 5.11 Å². The van der Waals surface area contributed by atoms with Gasteiger partial charge >= 0.3 is 0 Å². The van der Waals surface area contributed by atoms with Crippen molar-refractivity contribution in [2.45, 2.75) is 27.2 Å². The van der Waals surface area contributed by atoms with Crippen molar-refractivity contribution in [1.29, 1.82) is 0 Å². The van der Waals surface area contributed by atoms with E-state index in [4.69, 9.17) is 5.11 Å². The number of aromatic nitrogens is 1. The maximum Gasteiger partial charge on any atom is 0.0931 e. The van der Waals surface area contributed by atoms with Gasteiger partial charge in [0.05, 0.1) is 5.01 Å². The summed E-state index contributed by atoms with van der Waals surface area (Å²) in [6, 6.07) is 0. The van der Waals surface area contributed by atoms with Crippen LogP contribution in [0, 0.1) is 18.8 Å². The molecule has 0 bridgehead atoms. The van der Waals surface area contributed by atoms with Crippen LogP contribution in [0.2, 0.25) is 0 Å². The van der Waals surface area contributed by atoms with E-state index in [9.17, 15) is 0 Å². The molecular weight excluding hydrogens is 182 g/mol. The Morgan fingerprint density at radius 3 is 2.62 bits per heavy atom. The van der Waals surface area contributed by atoms with Crippen LogP contribution in [0.25, 0.3) is 0 Å². The second-order valence-electron chi connectivity index (χ2n) is 3.77. The first-order valence-electron chi connectivity index (χ1n) is 4.65. The van der Waals surface area contributed by atoms with Crippen LogP contribution in [0.5, 0.6) is 0 Å².